The van der Waals surface area contributed by atoms with Crippen LogP contribution in [0.25, 0.3) is 0 Å². The van der Waals surface area contributed by atoms with Gasteiger partial charge in [-0.25, -0.2) is 8.42 Å². The van der Waals surface area contributed by atoms with E-state index < -0.39 is 9.84 Å². The Labute approximate surface area is 75.3 Å². The first-order valence-electron chi connectivity index (χ1n) is 4.42. The van der Waals surface area contributed by atoms with Gasteiger partial charge in [0, 0.05) is 5.75 Å². The summed E-state index contributed by atoms with van der Waals surface area (Å²) in [4.78, 5) is 0. The van der Waals surface area contributed by atoms with Crippen LogP contribution in [-0.2, 0) is 9.84 Å². The molecule has 0 saturated heterocycles. The Hall–Kier alpha value is -0.0900. The van der Waals surface area contributed by atoms with Gasteiger partial charge in [-0.1, -0.05) is 13.8 Å². The molecule has 1 atom stereocenters. The molecule has 12 heavy (non-hydrogen) atoms. The molecule has 0 aliphatic carbocycles. The third kappa shape index (κ3) is 5.55. The van der Waals surface area contributed by atoms with Crippen molar-refractivity contribution < 1.29 is 8.42 Å². The summed E-state index contributed by atoms with van der Waals surface area (Å²) in [6.45, 7) is 4.42. The average Bonchev–Trinajstić information content (AvgIpc) is 2.00. The summed E-state index contributed by atoms with van der Waals surface area (Å²) in [5.74, 6) is 0.917. The van der Waals surface area contributed by atoms with E-state index in [-0.39, 0.29) is 0 Å². The normalized spacial score (nSPS) is 14.6. The van der Waals surface area contributed by atoms with E-state index in [0.717, 1.165) is 0 Å². The summed E-state index contributed by atoms with van der Waals surface area (Å²) in [5, 5.41) is 0. The second kappa shape index (κ2) is 5.54. The van der Waals surface area contributed by atoms with Crippen LogP contribution in [0.2, 0.25) is 0 Å². The van der Waals surface area contributed by atoms with E-state index in [9.17, 15) is 8.42 Å². The van der Waals surface area contributed by atoms with Crippen LogP contribution in [0.4, 0.5) is 0 Å². The van der Waals surface area contributed by atoms with Crippen molar-refractivity contribution in [2.75, 3.05) is 18.1 Å². The highest BCUT2D eigenvalue weighted by Gasteiger charge is 2.10. The molecule has 0 saturated carbocycles. The first-order chi connectivity index (χ1) is 5.52. The number of nitrogens with two attached hydrogens (primary N) is 1. The van der Waals surface area contributed by atoms with Gasteiger partial charge in [0.1, 0.15) is 9.84 Å². The van der Waals surface area contributed by atoms with Crippen molar-refractivity contribution >= 4 is 9.84 Å². The molecule has 3 nitrogen and oxygen atoms in total. The first kappa shape index (κ1) is 11.9. The number of hydrogen-bond donors (Lipinski definition) is 1. The van der Waals surface area contributed by atoms with Crippen LogP contribution >= 0.6 is 0 Å². The summed E-state index contributed by atoms with van der Waals surface area (Å²) >= 11 is 0. The van der Waals surface area contributed by atoms with Crippen molar-refractivity contribution in [3.63, 3.8) is 0 Å². The number of sulfone groups is 1. The lowest BCUT2D eigenvalue weighted by atomic mass is 10.1. The molecule has 0 heterocycles. The highest BCUT2D eigenvalue weighted by atomic mass is 32.2. The standard InChI is InChI=1S/C8H19NO2S/c1-3-5-12(10,11)6-4-8(2)7-9/h8H,3-7,9H2,1-2H3. The quantitative estimate of drug-likeness (QED) is 0.678. The first-order valence-corrected chi connectivity index (χ1v) is 6.24. The van der Waals surface area contributed by atoms with Gasteiger partial charge in [0.2, 0.25) is 0 Å². The smallest absolute Gasteiger partial charge is 0.150 e. The van der Waals surface area contributed by atoms with Crippen molar-refractivity contribution in [3.8, 4) is 0 Å². The van der Waals surface area contributed by atoms with Gasteiger partial charge >= 0.3 is 0 Å². The van der Waals surface area contributed by atoms with Gasteiger partial charge in [-0.15, -0.1) is 0 Å². The summed E-state index contributed by atoms with van der Waals surface area (Å²) in [5.41, 5.74) is 5.38. The average molecular weight is 193 g/mol. The van der Waals surface area contributed by atoms with E-state index in [1.807, 2.05) is 13.8 Å². The number of rotatable bonds is 6. The summed E-state index contributed by atoms with van der Waals surface area (Å²) in [6.07, 6.45) is 1.40. The molecule has 1 unspecified atom stereocenters. The van der Waals surface area contributed by atoms with Crippen LogP contribution in [0.1, 0.15) is 26.7 Å². The van der Waals surface area contributed by atoms with Gasteiger partial charge in [-0.3, -0.25) is 0 Å². The predicted octanol–water partition coefficient (Wildman–Crippen LogP) is 0.796. The fraction of sp³-hybridized carbons (Fsp3) is 1.00. The van der Waals surface area contributed by atoms with E-state index in [2.05, 4.69) is 0 Å². The molecule has 0 rings (SSSR count). The predicted molar refractivity (Wildman–Crippen MR) is 51.8 cm³/mol. The Kier molecular flexibility index (Phi) is 5.50. The van der Waals surface area contributed by atoms with Gasteiger partial charge in [0.25, 0.3) is 0 Å². The molecule has 0 spiro atoms. The van der Waals surface area contributed by atoms with E-state index in [1.165, 1.54) is 0 Å². The maximum absolute atomic E-state index is 11.2. The van der Waals surface area contributed by atoms with Crippen LogP contribution in [-0.4, -0.2) is 26.5 Å². The zero-order chi connectivity index (χ0) is 9.61. The molecule has 74 valence electrons. The molecule has 0 aliphatic heterocycles. The fourth-order valence-electron chi connectivity index (χ4n) is 0.912. The van der Waals surface area contributed by atoms with E-state index in [1.54, 1.807) is 0 Å². The molecule has 0 bridgehead atoms. The van der Waals surface area contributed by atoms with Crippen molar-refractivity contribution in [1.29, 1.82) is 0 Å². The van der Waals surface area contributed by atoms with E-state index >= 15 is 0 Å². The molecule has 0 aromatic rings. The summed E-state index contributed by atoms with van der Waals surface area (Å²) < 4.78 is 22.4. The Bertz CT molecular complexity index is 199. The van der Waals surface area contributed by atoms with E-state index in [0.29, 0.717) is 36.8 Å². The van der Waals surface area contributed by atoms with Crippen molar-refractivity contribution in [2.45, 2.75) is 26.7 Å². The molecule has 2 N–H and O–H groups in total. The Morgan fingerprint density at radius 2 is 1.92 bits per heavy atom. The maximum atomic E-state index is 11.2. The molecule has 0 radical (unpaired) electrons. The Morgan fingerprint density at radius 1 is 1.33 bits per heavy atom. The van der Waals surface area contributed by atoms with Crippen molar-refractivity contribution in [1.82, 2.24) is 0 Å². The van der Waals surface area contributed by atoms with Crippen LogP contribution in [0.15, 0.2) is 0 Å². The minimum atomic E-state index is -2.79. The maximum Gasteiger partial charge on any atom is 0.150 e. The van der Waals surface area contributed by atoms with Crippen molar-refractivity contribution in [2.24, 2.45) is 11.7 Å². The topological polar surface area (TPSA) is 60.2 Å². The second-order valence-corrected chi connectivity index (χ2v) is 5.59. The summed E-state index contributed by atoms with van der Waals surface area (Å²) in [6, 6.07) is 0. The fourth-order valence-corrected chi connectivity index (χ4v) is 2.50. The SMILES string of the molecule is CCCS(=O)(=O)CCC(C)CN. The van der Waals surface area contributed by atoms with Crippen LogP contribution in [0.3, 0.4) is 0 Å². The summed E-state index contributed by atoms with van der Waals surface area (Å²) in [7, 11) is -2.79. The van der Waals surface area contributed by atoms with Gasteiger partial charge < -0.3 is 5.73 Å². The monoisotopic (exact) mass is 193 g/mol. The van der Waals surface area contributed by atoms with Gasteiger partial charge in [-0.05, 0) is 25.3 Å². The minimum Gasteiger partial charge on any atom is -0.330 e. The molecule has 4 heteroatoms. The second-order valence-electron chi connectivity index (χ2n) is 3.28. The molecule has 0 aromatic carbocycles. The lowest BCUT2D eigenvalue weighted by Crippen LogP contribution is -2.17. The van der Waals surface area contributed by atoms with Gasteiger partial charge in [-0.2, -0.15) is 0 Å². The minimum absolute atomic E-state index is 0.291. The largest absolute Gasteiger partial charge is 0.330 e. The van der Waals surface area contributed by atoms with E-state index in [4.69, 9.17) is 5.73 Å². The van der Waals surface area contributed by atoms with Gasteiger partial charge in [0.05, 0.1) is 5.75 Å². The van der Waals surface area contributed by atoms with Crippen molar-refractivity contribution in [3.05, 3.63) is 0 Å². The molecular weight excluding hydrogens is 174 g/mol. The zero-order valence-corrected chi connectivity index (χ0v) is 8.73. The molecule has 0 aliphatic rings. The van der Waals surface area contributed by atoms with Crippen LogP contribution in [0, 0.1) is 5.92 Å². The molecule has 0 fully saturated rings. The van der Waals surface area contributed by atoms with Gasteiger partial charge in [0.15, 0.2) is 0 Å². The lowest BCUT2D eigenvalue weighted by molar-refractivity contribution is 0.553. The molecular formula is C8H19NO2S. The lowest BCUT2D eigenvalue weighted by Gasteiger charge is -2.07. The highest BCUT2D eigenvalue weighted by molar-refractivity contribution is 7.91. The Morgan fingerprint density at radius 3 is 2.33 bits per heavy atom. The zero-order valence-electron chi connectivity index (χ0n) is 7.91. The highest BCUT2D eigenvalue weighted by Crippen LogP contribution is 2.04. The molecule has 0 amide bonds. The Balaban J connectivity index is 3.76. The number of hydrogen-bond acceptors (Lipinski definition) is 3. The van der Waals surface area contributed by atoms with Crippen LogP contribution < -0.4 is 5.73 Å². The third-order valence-corrected chi connectivity index (χ3v) is 3.73. The molecule has 0 aromatic heterocycles. The van der Waals surface area contributed by atoms with Crippen LogP contribution in [0.5, 0.6) is 0 Å². The third-order valence-electron chi connectivity index (χ3n) is 1.84.